The van der Waals surface area contributed by atoms with Crippen LogP contribution in [0.2, 0.25) is 0 Å². The highest BCUT2D eigenvalue weighted by Gasteiger charge is 2.22. The van der Waals surface area contributed by atoms with Gasteiger partial charge in [-0.1, -0.05) is 18.2 Å². The molecule has 2 aromatic carbocycles. The molecule has 2 aliphatic rings. The number of nitrogens with one attached hydrogen (secondary N) is 1. The van der Waals surface area contributed by atoms with E-state index in [0.29, 0.717) is 5.95 Å². The third-order valence-corrected chi connectivity index (χ3v) is 5.78. The van der Waals surface area contributed by atoms with Crippen molar-refractivity contribution in [2.24, 2.45) is 0 Å². The fourth-order valence-corrected chi connectivity index (χ4v) is 4.25. The zero-order chi connectivity index (χ0) is 19.8. The van der Waals surface area contributed by atoms with Crippen LogP contribution < -0.4 is 15.0 Å². The van der Waals surface area contributed by atoms with Crippen LogP contribution in [0.4, 0.5) is 23.1 Å². The Morgan fingerprint density at radius 2 is 1.86 bits per heavy atom. The van der Waals surface area contributed by atoms with Gasteiger partial charge in [0.1, 0.15) is 11.6 Å². The highest BCUT2D eigenvalue weighted by molar-refractivity contribution is 5.70. The fraction of sp³-hybridized carbons (Fsp3) is 0.304. The molecule has 0 fully saturated rings. The number of fused-ring (bicyclic) bond motifs is 2. The number of para-hydroxylation sites is 1. The maximum absolute atomic E-state index is 5.64. The zero-order valence-electron chi connectivity index (χ0n) is 16.9. The van der Waals surface area contributed by atoms with Crippen LogP contribution in [0.25, 0.3) is 0 Å². The maximum atomic E-state index is 5.64. The first-order valence-corrected chi connectivity index (χ1v) is 10.0. The molecule has 3 aromatic rings. The topological polar surface area (TPSA) is 53.5 Å². The van der Waals surface area contributed by atoms with Crippen LogP contribution in [0.1, 0.15) is 16.7 Å². The lowest BCUT2D eigenvalue weighted by Crippen LogP contribution is -2.26. The Morgan fingerprint density at radius 1 is 1.00 bits per heavy atom. The van der Waals surface area contributed by atoms with E-state index in [4.69, 9.17) is 9.72 Å². The van der Waals surface area contributed by atoms with Gasteiger partial charge in [-0.2, -0.15) is 4.98 Å². The molecule has 1 N–H and O–H groups in total. The van der Waals surface area contributed by atoms with Crippen molar-refractivity contribution in [3.05, 3.63) is 65.4 Å². The first kappa shape index (κ1) is 17.9. The van der Waals surface area contributed by atoms with Gasteiger partial charge in [-0.05, 0) is 60.8 Å². The molecule has 6 heteroatoms. The van der Waals surface area contributed by atoms with Crippen molar-refractivity contribution in [2.75, 3.05) is 37.5 Å². The molecule has 148 valence electrons. The van der Waals surface area contributed by atoms with Crippen molar-refractivity contribution in [3.8, 4) is 5.75 Å². The van der Waals surface area contributed by atoms with Gasteiger partial charge in [0.25, 0.3) is 0 Å². The van der Waals surface area contributed by atoms with Gasteiger partial charge in [-0.25, -0.2) is 4.98 Å². The Kier molecular flexibility index (Phi) is 4.56. The average molecular weight is 387 g/mol. The van der Waals surface area contributed by atoms with Gasteiger partial charge in [0.15, 0.2) is 0 Å². The van der Waals surface area contributed by atoms with Crippen molar-refractivity contribution < 1.29 is 4.74 Å². The first-order chi connectivity index (χ1) is 14.2. The van der Waals surface area contributed by atoms with Crippen LogP contribution in [-0.2, 0) is 19.4 Å². The van der Waals surface area contributed by atoms with Crippen molar-refractivity contribution in [1.82, 2.24) is 14.9 Å². The van der Waals surface area contributed by atoms with Gasteiger partial charge in [-0.15, -0.1) is 0 Å². The van der Waals surface area contributed by atoms with E-state index in [1.54, 1.807) is 7.11 Å². The number of hydrogen-bond donors (Lipinski definition) is 1. The van der Waals surface area contributed by atoms with Crippen LogP contribution in [0.5, 0.6) is 5.75 Å². The normalized spacial score (nSPS) is 15.7. The summed E-state index contributed by atoms with van der Waals surface area (Å²) in [6.07, 6.45) is 3.89. The van der Waals surface area contributed by atoms with Gasteiger partial charge >= 0.3 is 0 Å². The Bertz CT molecular complexity index is 1050. The van der Waals surface area contributed by atoms with Gasteiger partial charge in [0.05, 0.1) is 12.8 Å². The second-order valence-electron chi connectivity index (χ2n) is 7.70. The molecule has 2 aliphatic heterocycles. The number of likely N-dealkylation sites (N-methyl/N-ethyl adjacent to an activating group) is 1. The van der Waals surface area contributed by atoms with Crippen LogP contribution in [0.15, 0.2) is 48.7 Å². The summed E-state index contributed by atoms with van der Waals surface area (Å²) in [5.41, 5.74) is 6.17. The minimum atomic E-state index is 0.578. The highest BCUT2D eigenvalue weighted by atomic mass is 16.5. The Hall–Kier alpha value is -3.12. The number of methoxy groups -OCH3 is 1. The third-order valence-electron chi connectivity index (χ3n) is 5.78. The molecule has 0 saturated heterocycles. The fourth-order valence-electron chi connectivity index (χ4n) is 4.25. The Morgan fingerprint density at radius 3 is 2.76 bits per heavy atom. The minimum Gasteiger partial charge on any atom is -0.495 e. The number of nitrogens with zero attached hydrogens (tertiary/aromatic N) is 4. The lowest BCUT2D eigenvalue weighted by molar-refractivity contribution is 0.312. The monoisotopic (exact) mass is 387 g/mol. The van der Waals surface area contributed by atoms with E-state index < -0.39 is 0 Å². The largest absolute Gasteiger partial charge is 0.495 e. The number of ether oxygens (including phenoxy) is 1. The molecule has 0 unspecified atom stereocenters. The summed E-state index contributed by atoms with van der Waals surface area (Å²) in [4.78, 5) is 13.8. The second-order valence-corrected chi connectivity index (χ2v) is 7.70. The van der Waals surface area contributed by atoms with Crippen LogP contribution in [0, 0.1) is 0 Å². The predicted molar refractivity (Wildman–Crippen MR) is 115 cm³/mol. The molecular formula is C23H25N5O. The van der Waals surface area contributed by atoms with Crippen LogP contribution in [-0.4, -0.2) is 42.1 Å². The molecule has 6 nitrogen and oxygen atoms in total. The predicted octanol–water partition coefficient (Wildman–Crippen LogP) is 3.91. The molecule has 0 saturated carbocycles. The number of benzene rings is 2. The van der Waals surface area contributed by atoms with Gasteiger partial charge in [-0.3, -0.25) is 0 Å². The molecule has 5 rings (SSSR count). The van der Waals surface area contributed by atoms with E-state index in [9.17, 15) is 0 Å². The summed E-state index contributed by atoms with van der Waals surface area (Å²) in [6.45, 7) is 2.95. The second kappa shape index (κ2) is 7.37. The average Bonchev–Trinajstić information content (AvgIpc) is 3.18. The van der Waals surface area contributed by atoms with Gasteiger partial charge in [0.2, 0.25) is 5.95 Å². The van der Waals surface area contributed by atoms with Crippen molar-refractivity contribution in [3.63, 3.8) is 0 Å². The Balaban J connectivity index is 1.45. The van der Waals surface area contributed by atoms with E-state index in [0.717, 1.165) is 49.7 Å². The maximum Gasteiger partial charge on any atom is 0.229 e. The van der Waals surface area contributed by atoms with E-state index in [2.05, 4.69) is 63.5 Å². The van der Waals surface area contributed by atoms with Crippen molar-refractivity contribution in [2.45, 2.75) is 19.4 Å². The number of anilines is 4. The highest BCUT2D eigenvalue weighted by Crippen LogP contribution is 2.35. The number of aromatic nitrogens is 2. The summed E-state index contributed by atoms with van der Waals surface area (Å²) in [7, 11) is 3.86. The molecule has 0 spiro atoms. The van der Waals surface area contributed by atoms with Crippen molar-refractivity contribution in [1.29, 1.82) is 0 Å². The summed E-state index contributed by atoms with van der Waals surface area (Å²) in [6, 6.07) is 14.8. The van der Waals surface area contributed by atoms with E-state index in [1.165, 1.54) is 22.4 Å². The molecule has 0 amide bonds. The van der Waals surface area contributed by atoms with Crippen molar-refractivity contribution >= 4 is 23.1 Å². The lowest BCUT2D eigenvalue weighted by atomic mass is 9.99. The van der Waals surface area contributed by atoms with E-state index in [1.807, 2.05) is 12.3 Å². The summed E-state index contributed by atoms with van der Waals surface area (Å²) in [5, 5.41) is 3.38. The SMILES string of the molecule is COc1cc2c(cc1Nc1nccc(N3CCc4ccccc43)n1)CN(C)CC2. The quantitative estimate of drug-likeness (QED) is 0.733. The molecular weight excluding hydrogens is 362 g/mol. The lowest BCUT2D eigenvalue weighted by Gasteiger charge is -2.26. The summed E-state index contributed by atoms with van der Waals surface area (Å²) < 4.78 is 5.64. The Labute approximate surface area is 171 Å². The number of hydrogen-bond acceptors (Lipinski definition) is 6. The molecule has 0 bridgehead atoms. The first-order valence-electron chi connectivity index (χ1n) is 10.0. The minimum absolute atomic E-state index is 0.578. The molecule has 0 radical (unpaired) electrons. The number of rotatable bonds is 4. The van der Waals surface area contributed by atoms with E-state index >= 15 is 0 Å². The molecule has 29 heavy (non-hydrogen) atoms. The van der Waals surface area contributed by atoms with Crippen LogP contribution in [0.3, 0.4) is 0 Å². The standard InChI is InChI=1S/C23H25N5O/c1-27-11-8-17-14-21(29-2)19(13-18(17)15-27)25-23-24-10-7-22(26-23)28-12-9-16-5-3-4-6-20(16)28/h3-7,10,13-14H,8-9,11-12,15H2,1-2H3,(H,24,25,26). The van der Waals surface area contributed by atoms with Crippen LogP contribution >= 0.6 is 0 Å². The molecule has 0 atom stereocenters. The molecule has 0 aliphatic carbocycles. The summed E-state index contributed by atoms with van der Waals surface area (Å²) in [5.74, 6) is 2.31. The van der Waals surface area contributed by atoms with Gasteiger partial charge in [0, 0.05) is 31.5 Å². The molecule has 3 heterocycles. The zero-order valence-corrected chi connectivity index (χ0v) is 16.9. The third kappa shape index (κ3) is 3.40. The van der Waals surface area contributed by atoms with E-state index in [-0.39, 0.29) is 0 Å². The summed E-state index contributed by atoms with van der Waals surface area (Å²) >= 11 is 0. The smallest absolute Gasteiger partial charge is 0.229 e. The van der Waals surface area contributed by atoms with Gasteiger partial charge < -0.3 is 19.9 Å². The molecule has 1 aromatic heterocycles.